The summed E-state index contributed by atoms with van der Waals surface area (Å²) >= 11 is 0. The first-order valence-corrected chi connectivity index (χ1v) is 7.20. The average Bonchev–Trinajstić information content (AvgIpc) is 2.46. The molecule has 0 spiro atoms. The standard InChI is InChI=1S/C16H24O2/c1-2-16(17)14-8-10-15(11-9-14)18-12-13-6-4-3-5-7-13/h8-11,13,16-17H,2-7,12H2,1H3/t16-/m0/s1. The van der Waals surface area contributed by atoms with Crippen LogP contribution in [0, 0.1) is 5.92 Å². The SMILES string of the molecule is CC[C@H](O)c1ccc(OCC2CCCCC2)cc1. The van der Waals surface area contributed by atoms with Crippen molar-refractivity contribution in [3.8, 4) is 5.75 Å². The van der Waals surface area contributed by atoms with Gasteiger partial charge in [-0.25, -0.2) is 0 Å². The number of aliphatic hydroxyl groups is 1. The van der Waals surface area contributed by atoms with Crippen molar-refractivity contribution in [2.24, 2.45) is 5.92 Å². The first kappa shape index (κ1) is 13.4. The van der Waals surface area contributed by atoms with Gasteiger partial charge < -0.3 is 9.84 Å². The lowest BCUT2D eigenvalue weighted by Gasteiger charge is -2.21. The maximum absolute atomic E-state index is 9.71. The molecule has 18 heavy (non-hydrogen) atoms. The molecule has 1 aromatic rings. The second-order valence-electron chi connectivity index (χ2n) is 5.31. The Morgan fingerprint density at radius 3 is 2.44 bits per heavy atom. The van der Waals surface area contributed by atoms with Gasteiger partial charge in [-0.05, 0) is 42.9 Å². The van der Waals surface area contributed by atoms with E-state index in [4.69, 9.17) is 4.74 Å². The lowest BCUT2D eigenvalue weighted by atomic mass is 9.90. The zero-order valence-corrected chi connectivity index (χ0v) is 11.3. The van der Waals surface area contributed by atoms with Gasteiger partial charge >= 0.3 is 0 Å². The van der Waals surface area contributed by atoms with E-state index >= 15 is 0 Å². The highest BCUT2D eigenvalue weighted by Crippen LogP contribution is 2.25. The summed E-state index contributed by atoms with van der Waals surface area (Å²) < 4.78 is 5.83. The van der Waals surface area contributed by atoms with Crippen molar-refractivity contribution in [2.45, 2.75) is 51.6 Å². The number of hydrogen-bond acceptors (Lipinski definition) is 2. The fourth-order valence-electron chi connectivity index (χ4n) is 2.59. The molecule has 1 aliphatic carbocycles. The maximum atomic E-state index is 9.71. The summed E-state index contributed by atoms with van der Waals surface area (Å²) in [6, 6.07) is 7.86. The molecule has 1 aromatic carbocycles. The predicted molar refractivity (Wildman–Crippen MR) is 73.8 cm³/mol. The molecule has 2 heteroatoms. The Morgan fingerprint density at radius 1 is 1.17 bits per heavy atom. The molecule has 0 heterocycles. The first-order valence-electron chi connectivity index (χ1n) is 7.20. The second-order valence-corrected chi connectivity index (χ2v) is 5.31. The van der Waals surface area contributed by atoms with E-state index in [9.17, 15) is 5.11 Å². The van der Waals surface area contributed by atoms with Crippen molar-refractivity contribution in [1.82, 2.24) is 0 Å². The van der Waals surface area contributed by atoms with Crippen molar-refractivity contribution in [3.63, 3.8) is 0 Å². The monoisotopic (exact) mass is 248 g/mol. The fraction of sp³-hybridized carbons (Fsp3) is 0.625. The lowest BCUT2D eigenvalue weighted by Crippen LogP contribution is -2.15. The number of hydrogen-bond donors (Lipinski definition) is 1. The van der Waals surface area contributed by atoms with Crippen molar-refractivity contribution in [1.29, 1.82) is 0 Å². The summed E-state index contributed by atoms with van der Waals surface area (Å²) in [6.45, 7) is 2.83. The van der Waals surface area contributed by atoms with Gasteiger partial charge in [0.1, 0.15) is 5.75 Å². The zero-order chi connectivity index (χ0) is 12.8. The van der Waals surface area contributed by atoms with Crippen LogP contribution in [0.1, 0.15) is 57.1 Å². The van der Waals surface area contributed by atoms with Crippen molar-refractivity contribution >= 4 is 0 Å². The minimum absolute atomic E-state index is 0.350. The molecule has 1 N–H and O–H groups in total. The third kappa shape index (κ3) is 3.74. The Morgan fingerprint density at radius 2 is 1.83 bits per heavy atom. The Labute approximate surface area is 110 Å². The summed E-state index contributed by atoms with van der Waals surface area (Å²) in [5.74, 6) is 1.66. The van der Waals surface area contributed by atoms with Crippen LogP contribution in [0.2, 0.25) is 0 Å². The normalized spacial score (nSPS) is 18.6. The van der Waals surface area contributed by atoms with E-state index in [1.165, 1.54) is 32.1 Å². The average molecular weight is 248 g/mol. The highest BCUT2D eigenvalue weighted by atomic mass is 16.5. The van der Waals surface area contributed by atoms with Crippen LogP contribution in [0.5, 0.6) is 5.75 Å². The van der Waals surface area contributed by atoms with Gasteiger partial charge in [-0.1, -0.05) is 38.3 Å². The molecule has 100 valence electrons. The van der Waals surface area contributed by atoms with E-state index in [1.54, 1.807) is 0 Å². The molecule has 1 atom stereocenters. The highest BCUT2D eigenvalue weighted by molar-refractivity contribution is 5.28. The summed E-state index contributed by atoms with van der Waals surface area (Å²) in [4.78, 5) is 0. The smallest absolute Gasteiger partial charge is 0.119 e. The molecule has 1 saturated carbocycles. The van der Waals surface area contributed by atoms with E-state index in [1.807, 2.05) is 31.2 Å². The molecular weight excluding hydrogens is 224 g/mol. The molecular formula is C16H24O2. The molecule has 2 rings (SSSR count). The molecule has 0 aromatic heterocycles. The zero-order valence-electron chi connectivity index (χ0n) is 11.3. The number of benzene rings is 1. The Kier molecular flexibility index (Phi) is 5.06. The Hall–Kier alpha value is -1.02. The van der Waals surface area contributed by atoms with Gasteiger partial charge in [0.25, 0.3) is 0 Å². The van der Waals surface area contributed by atoms with Gasteiger partial charge in [-0.3, -0.25) is 0 Å². The van der Waals surface area contributed by atoms with Crippen LogP contribution < -0.4 is 4.74 Å². The first-order chi connectivity index (χ1) is 8.79. The van der Waals surface area contributed by atoms with Crippen LogP contribution in [0.15, 0.2) is 24.3 Å². The number of rotatable bonds is 5. The summed E-state index contributed by atoms with van der Waals surface area (Å²) in [5.41, 5.74) is 0.975. The van der Waals surface area contributed by atoms with Gasteiger partial charge in [0.2, 0.25) is 0 Å². The van der Waals surface area contributed by atoms with Crippen molar-refractivity contribution in [2.75, 3.05) is 6.61 Å². The van der Waals surface area contributed by atoms with Crippen LogP contribution in [0.4, 0.5) is 0 Å². The summed E-state index contributed by atoms with van der Waals surface area (Å²) in [6.07, 6.45) is 7.13. The molecule has 1 fully saturated rings. The van der Waals surface area contributed by atoms with Crippen LogP contribution >= 0.6 is 0 Å². The maximum Gasteiger partial charge on any atom is 0.119 e. The third-order valence-electron chi connectivity index (χ3n) is 3.86. The molecule has 0 unspecified atom stereocenters. The third-order valence-corrected chi connectivity index (χ3v) is 3.86. The molecule has 0 saturated heterocycles. The van der Waals surface area contributed by atoms with Gasteiger partial charge in [0.05, 0.1) is 12.7 Å². The quantitative estimate of drug-likeness (QED) is 0.850. The van der Waals surface area contributed by atoms with Gasteiger partial charge in [-0.2, -0.15) is 0 Å². The topological polar surface area (TPSA) is 29.5 Å². The minimum Gasteiger partial charge on any atom is -0.493 e. The largest absolute Gasteiger partial charge is 0.493 e. The molecule has 0 aliphatic heterocycles. The molecule has 0 bridgehead atoms. The second kappa shape index (κ2) is 6.79. The minimum atomic E-state index is -0.350. The van der Waals surface area contributed by atoms with E-state index in [0.717, 1.165) is 30.3 Å². The molecule has 2 nitrogen and oxygen atoms in total. The predicted octanol–water partition coefficient (Wildman–Crippen LogP) is 4.09. The Balaban J connectivity index is 1.82. The van der Waals surface area contributed by atoms with Crippen LogP contribution in [-0.2, 0) is 0 Å². The molecule has 0 amide bonds. The molecule has 0 radical (unpaired) electrons. The van der Waals surface area contributed by atoms with E-state index in [-0.39, 0.29) is 6.10 Å². The summed E-state index contributed by atoms with van der Waals surface area (Å²) in [5, 5.41) is 9.71. The highest BCUT2D eigenvalue weighted by Gasteiger charge is 2.14. The lowest BCUT2D eigenvalue weighted by molar-refractivity contribution is 0.173. The number of aliphatic hydroxyl groups excluding tert-OH is 1. The molecule has 1 aliphatic rings. The number of ether oxygens (including phenoxy) is 1. The Bertz CT molecular complexity index is 339. The van der Waals surface area contributed by atoms with Gasteiger partial charge in [-0.15, -0.1) is 0 Å². The van der Waals surface area contributed by atoms with Crippen LogP contribution in [0.3, 0.4) is 0 Å². The van der Waals surface area contributed by atoms with Gasteiger partial charge in [0.15, 0.2) is 0 Å². The van der Waals surface area contributed by atoms with E-state index in [0.29, 0.717) is 0 Å². The van der Waals surface area contributed by atoms with Crippen molar-refractivity contribution < 1.29 is 9.84 Å². The van der Waals surface area contributed by atoms with Gasteiger partial charge in [0, 0.05) is 0 Å². The van der Waals surface area contributed by atoms with Crippen LogP contribution in [0.25, 0.3) is 0 Å². The van der Waals surface area contributed by atoms with E-state index < -0.39 is 0 Å². The van der Waals surface area contributed by atoms with Crippen molar-refractivity contribution in [3.05, 3.63) is 29.8 Å². The fourth-order valence-corrected chi connectivity index (χ4v) is 2.59. The van der Waals surface area contributed by atoms with E-state index in [2.05, 4.69) is 0 Å². The summed E-state index contributed by atoms with van der Waals surface area (Å²) in [7, 11) is 0. The van der Waals surface area contributed by atoms with Crippen LogP contribution in [-0.4, -0.2) is 11.7 Å².